The summed E-state index contributed by atoms with van der Waals surface area (Å²) in [6.07, 6.45) is -0.649. The highest BCUT2D eigenvalue weighted by atomic mass is 35.5. The second kappa shape index (κ2) is 10.9. The Balaban J connectivity index is 2.25. The van der Waals surface area contributed by atoms with Gasteiger partial charge in [0.15, 0.2) is 0 Å². The maximum Gasteiger partial charge on any atom is 0.408 e. The second-order valence-corrected chi connectivity index (χ2v) is 9.36. The molecular formula is C22H32ClN3O6. The van der Waals surface area contributed by atoms with Gasteiger partial charge < -0.3 is 30.5 Å². The maximum absolute atomic E-state index is 13.5. The molecule has 2 rings (SSSR count). The molecule has 0 aliphatic carbocycles. The third-order valence-electron chi connectivity index (χ3n) is 5.29. The molecule has 10 heteroatoms. The van der Waals surface area contributed by atoms with Gasteiger partial charge in [-0.25, -0.2) is 9.59 Å². The highest BCUT2D eigenvalue weighted by molar-refractivity contribution is 6.30. The molecule has 32 heavy (non-hydrogen) atoms. The number of ether oxygens (including phenoxy) is 1. The van der Waals surface area contributed by atoms with Crippen LogP contribution in [-0.4, -0.2) is 64.0 Å². The molecule has 3 amide bonds. The highest BCUT2D eigenvalue weighted by Crippen LogP contribution is 2.27. The summed E-state index contributed by atoms with van der Waals surface area (Å²) in [4.78, 5) is 38.5. The molecule has 0 aromatic heterocycles. The topological polar surface area (TPSA) is 128 Å². The molecule has 0 spiro atoms. The van der Waals surface area contributed by atoms with Gasteiger partial charge in [0.25, 0.3) is 0 Å². The minimum atomic E-state index is -1.32. The minimum Gasteiger partial charge on any atom is -0.465 e. The fourth-order valence-electron chi connectivity index (χ4n) is 3.60. The summed E-state index contributed by atoms with van der Waals surface area (Å²) < 4.78 is 5.35. The number of amides is 3. The van der Waals surface area contributed by atoms with E-state index in [9.17, 15) is 24.6 Å². The molecule has 1 aromatic rings. The van der Waals surface area contributed by atoms with Crippen molar-refractivity contribution in [1.29, 1.82) is 0 Å². The number of hydrogen-bond donors (Lipinski definition) is 4. The monoisotopic (exact) mass is 469 g/mol. The molecule has 1 aliphatic rings. The van der Waals surface area contributed by atoms with E-state index in [0.29, 0.717) is 17.9 Å². The number of aliphatic hydroxyl groups is 1. The third-order valence-corrected chi connectivity index (χ3v) is 5.54. The third kappa shape index (κ3) is 7.27. The Morgan fingerprint density at radius 1 is 1.19 bits per heavy atom. The average Bonchev–Trinajstić information content (AvgIpc) is 2.70. The maximum atomic E-state index is 13.5. The van der Waals surface area contributed by atoms with Crippen LogP contribution in [0.3, 0.4) is 0 Å². The van der Waals surface area contributed by atoms with E-state index in [0.717, 1.165) is 5.56 Å². The molecule has 9 nitrogen and oxygen atoms in total. The molecular weight excluding hydrogens is 438 g/mol. The summed E-state index contributed by atoms with van der Waals surface area (Å²) in [5.41, 5.74) is -1.26. The van der Waals surface area contributed by atoms with E-state index < -0.39 is 35.3 Å². The van der Waals surface area contributed by atoms with Crippen molar-refractivity contribution >= 4 is 29.7 Å². The lowest BCUT2D eigenvalue weighted by atomic mass is 9.85. The number of carboxylic acid groups (broad SMARTS) is 1. The Hall–Kier alpha value is -2.52. The number of likely N-dealkylation sites (tertiary alicyclic amines) is 1. The molecule has 4 N–H and O–H groups in total. The van der Waals surface area contributed by atoms with E-state index in [2.05, 4.69) is 10.6 Å². The predicted molar refractivity (Wildman–Crippen MR) is 120 cm³/mol. The number of aliphatic hydroxyl groups excluding tert-OH is 1. The van der Waals surface area contributed by atoms with Crippen LogP contribution in [0.15, 0.2) is 24.3 Å². The van der Waals surface area contributed by atoms with Crippen molar-refractivity contribution in [3.05, 3.63) is 34.9 Å². The molecule has 1 heterocycles. The summed E-state index contributed by atoms with van der Waals surface area (Å²) >= 11 is 5.98. The first kappa shape index (κ1) is 25.7. The van der Waals surface area contributed by atoms with Gasteiger partial charge in [0, 0.05) is 24.7 Å². The standard InChI is InChI=1S/C22H32ClN3O6/c1-21(2,3)32-19(29)25-22(10-12-26(13-11-22)20(30)31)18(28)24-17(5-4-14-27)15-6-8-16(23)9-7-15/h6-9,17,27H,4-5,10-14H2,1-3H3,(H,24,28)(H,25,29)(H,30,31). The lowest BCUT2D eigenvalue weighted by molar-refractivity contribution is -0.130. The van der Waals surface area contributed by atoms with Crippen molar-refractivity contribution in [1.82, 2.24) is 15.5 Å². The van der Waals surface area contributed by atoms with Gasteiger partial charge in [-0.3, -0.25) is 4.79 Å². The molecule has 1 saturated heterocycles. The lowest BCUT2D eigenvalue weighted by Crippen LogP contribution is -2.64. The first-order valence-electron chi connectivity index (χ1n) is 10.6. The van der Waals surface area contributed by atoms with Crippen LogP contribution in [0.5, 0.6) is 0 Å². The van der Waals surface area contributed by atoms with E-state index in [1.807, 2.05) is 0 Å². The Morgan fingerprint density at radius 3 is 2.28 bits per heavy atom. The summed E-state index contributed by atoms with van der Waals surface area (Å²) in [7, 11) is 0. The number of halogens is 1. The SMILES string of the molecule is CC(C)(C)OC(=O)NC1(C(=O)NC(CCCO)c2ccc(Cl)cc2)CCN(C(=O)O)CC1. The summed E-state index contributed by atoms with van der Waals surface area (Å²) in [6, 6.07) is 6.61. The van der Waals surface area contributed by atoms with Crippen molar-refractivity contribution in [3.8, 4) is 0 Å². The average molecular weight is 470 g/mol. The molecule has 0 saturated carbocycles. The zero-order valence-electron chi connectivity index (χ0n) is 18.7. The highest BCUT2D eigenvalue weighted by Gasteiger charge is 2.45. The van der Waals surface area contributed by atoms with Crippen LogP contribution in [-0.2, 0) is 9.53 Å². The molecule has 1 atom stereocenters. The van der Waals surface area contributed by atoms with Crippen LogP contribution in [0.25, 0.3) is 0 Å². The van der Waals surface area contributed by atoms with E-state index in [1.54, 1.807) is 45.0 Å². The number of alkyl carbamates (subject to hydrolysis) is 1. The molecule has 1 fully saturated rings. The number of nitrogens with one attached hydrogen (secondary N) is 2. The first-order valence-corrected chi connectivity index (χ1v) is 11.0. The Kier molecular flexibility index (Phi) is 8.74. The van der Waals surface area contributed by atoms with Gasteiger partial charge >= 0.3 is 12.2 Å². The fourth-order valence-corrected chi connectivity index (χ4v) is 3.72. The zero-order valence-corrected chi connectivity index (χ0v) is 19.4. The molecule has 1 aromatic carbocycles. The Bertz CT molecular complexity index is 801. The van der Waals surface area contributed by atoms with Crippen LogP contribution in [0.1, 0.15) is 58.1 Å². The minimum absolute atomic E-state index is 0.0329. The van der Waals surface area contributed by atoms with Crippen molar-refractivity contribution in [3.63, 3.8) is 0 Å². The van der Waals surface area contributed by atoms with Gasteiger partial charge in [-0.15, -0.1) is 0 Å². The number of piperidine rings is 1. The smallest absolute Gasteiger partial charge is 0.408 e. The van der Waals surface area contributed by atoms with Crippen LogP contribution in [0.4, 0.5) is 9.59 Å². The van der Waals surface area contributed by atoms with Crippen molar-refractivity contribution in [2.24, 2.45) is 0 Å². The number of nitrogens with zero attached hydrogens (tertiary/aromatic N) is 1. The van der Waals surface area contributed by atoms with E-state index in [4.69, 9.17) is 16.3 Å². The second-order valence-electron chi connectivity index (χ2n) is 8.92. The van der Waals surface area contributed by atoms with Crippen LogP contribution in [0, 0.1) is 0 Å². The van der Waals surface area contributed by atoms with Gasteiger partial charge in [0.05, 0.1) is 6.04 Å². The van der Waals surface area contributed by atoms with Crippen LogP contribution >= 0.6 is 11.6 Å². The molecule has 0 radical (unpaired) electrons. The number of benzene rings is 1. The largest absolute Gasteiger partial charge is 0.465 e. The predicted octanol–water partition coefficient (Wildman–Crippen LogP) is 3.31. The van der Waals surface area contributed by atoms with Gasteiger partial charge in [-0.05, 0) is 64.2 Å². The van der Waals surface area contributed by atoms with Crippen molar-refractivity contribution in [2.45, 2.75) is 63.6 Å². The number of hydrogen-bond acceptors (Lipinski definition) is 5. The van der Waals surface area contributed by atoms with Gasteiger partial charge in [-0.1, -0.05) is 23.7 Å². The Labute approximate surface area is 193 Å². The van der Waals surface area contributed by atoms with E-state index >= 15 is 0 Å². The van der Waals surface area contributed by atoms with Crippen molar-refractivity contribution < 1.29 is 29.3 Å². The van der Waals surface area contributed by atoms with Crippen LogP contribution < -0.4 is 10.6 Å². The van der Waals surface area contributed by atoms with E-state index in [1.165, 1.54) is 4.90 Å². The lowest BCUT2D eigenvalue weighted by Gasteiger charge is -2.41. The summed E-state index contributed by atoms with van der Waals surface area (Å²) in [5, 5.41) is 24.8. The van der Waals surface area contributed by atoms with Gasteiger partial charge in [0.1, 0.15) is 11.1 Å². The number of carbonyl (C=O) groups is 3. The quantitative estimate of drug-likeness (QED) is 0.485. The Morgan fingerprint density at radius 2 is 1.78 bits per heavy atom. The number of rotatable bonds is 7. The fraction of sp³-hybridized carbons (Fsp3) is 0.591. The van der Waals surface area contributed by atoms with E-state index in [-0.39, 0.29) is 32.5 Å². The summed E-state index contributed by atoms with van der Waals surface area (Å²) in [6.45, 7) is 5.32. The van der Waals surface area contributed by atoms with Crippen LogP contribution in [0.2, 0.25) is 5.02 Å². The normalized spacial score (nSPS) is 16.7. The molecule has 1 aliphatic heterocycles. The summed E-state index contributed by atoms with van der Waals surface area (Å²) in [5.74, 6) is -0.425. The zero-order chi connectivity index (χ0) is 23.9. The van der Waals surface area contributed by atoms with Crippen molar-refractivity contribution in [2.75, 3.05) is 19.7 Å². The van der Waals surface area contributed by atoms with Gasteiger partial charge in [-0.2, -0.15) is 0 Å². The molecule has 0 bridgehead atoms. The molecule has 178 valence electrons. The first-order chi connectivity index (χ1) is 15.0. The number of carbonyl (C=O) groups excluding carboxylic acids is 2. The molecule has 1 unspecified atom stereocenters. The van der Waals surface area contributed by atoms with Gasteiger partial charge in [0.2, 0.25) is 5.91 Å².